The van der Waals surface area contributed by atoms with Crippen LogP contribution in [0.1, 0.15) is 29.2 Å². The lowest BCUT2D eigenvalue weighted by Gasteiger charge is -2.44. The van der Waals surface area contributed by atoms with Gasteiger partial charge in [0.05, 0.1) is 6.61 Å². The SMILES string of the molecule is COCCN1[C@H](C)CN(C(=O)c2cc(C)sn2)C[C@@H]1C. The number of rotatable bonds is 4. The van der Waals surface area contributed by atoms with Gasteiger partial charge in [-0.2, -0.15) is 4.37 Å². The zero-order chi connectivity index (χ0) is 14.7. The number of aromatic nitrogens is 1. The number of nitrogens with zero attached hydrogens (tertiary/aromatic N) is 3. The summed E-state index contributed by atoms with van der Waals surface area (Å²) in [6, 6.07) is 2.56. The van der Waals surface area contributed by atoms with Crippen LogP contribution in [0.2, 0.25) is 0 Å². The van der Waals surface area contributed by atoms with Gasteiger partial charge in [0.25, 0.3) is 5.91 Å². The number of amides is 1. The fraction of sp³-hybridized carbons (Fsp3) is 0.714. The molecule has 0 saturated carbocycles. The Morgan fingerprint density at radius 1 is 1.45 bits per heavy atom. The Hall–Kier alpha value is -0.980. The Bertz CT molecular complexity index is 451. The molecule has 5 nitrogen and oxygen atoms in total. The maximum atomic E-state index is 12.5. The van der Waals surface area contributed by atoms with Crippen LogP contribution in [0, 0.1) is 6.92 Å². The van der Waals surface area contributed by atoms with Gasteiger partial charge in [-0.05, 0) is 38.4 Å². The third-order valence-electron chi connectivity index (χ3n) is 3.79. The van der Waals surface area contributed by atoms with Gasteiger partial charge in [-0.15, -0.1) is 0 Å². The molecule has 1 aliphatic heterocycles. The summed E-state index contributed by atoms with van der Waals surface area (Å²) >= 11 is 1.39. The van der Waals surface area contributed by atoms with Crippen LogP contribution in [-0.2, 0) is 4.74 Å². The van der Waals surface area contributed by atoms with Crippen LogP contribution in [0.4, 0.5) is 0 Å². The molecular formula is C14H23N3O2S. The standard InChI is InChI=1S/C14H23N3O2S/c1-10-8-16(9-11(2)17(10)5-6-19-4)14(18)13-7-12(3)20-15-13/h7,10-11H,5-6,8-9H2,1-4H3/t10-,11+. The summed E-state index contributed by atoms with van der Waals surface area (Å²) in [6.07, 6.45) is 0. The third-order valence-corrected chi connectivity index (χ3v) is 4.48. The van der Waals surface area contributed by atoms with Crippen LogP contribution < -0.4 is 0 Å². The van der Waals surface area contributed by atoms with Crippen LogP contribution in [0.5, 0.6) is 0 Å². The highest BCUT2D eigenvalue weighted by atomic mass is 32.1. The molecule has 20 heavy (non-hydrogen) atoms. The van der Waals surface area contributed by atoms with Crippen molar-refractivity contribution in [1.29, 1.82) is 0 Å². The molecule has 2 rings (SSSR count). The van der Waals surface area contributed by atoms with Gasteiger partial charge >= 0.3 is 0 Å². The average Bonchev–Trinajstić information content (AvgIpc) is 2.83. The van der Waals surface area contributed by atoms with E-state index in [0.717, 1.165) is 31.1 Å². The van der Waals surface area contributed by atoms with E-state index in [2.05, 4.69) is 23.1 Å². The maximum absolute atomic E-state index is 12.5. The van der Waals surface area contributed by atoms with Crippen LogP contribution in [0.25, 0.3) is 0 Å². The Kier molecular flexibility index (Phi) is 5.12. The molecule has 6 heteroatoms. The van der Waals surface area contributed by atoms with Gasteiger partial charge in [0.1, 0.15) is 5.69 Å². The van der Waals surface area contributed by atoms with Gasteiger partial charge < -0.3 is 9.64 Å². The van der Waals surface area contributed by atoms with E-state index in [4.69, 9.17) is 4.74 Å². The highest BCUT2D eigenvalue weighted by molar-refractivity contribution is 7.05. The summed E-state index contributed by atoms with van der Waals surface area (Å²) in [5.41, 5.74) is 0.581. The zero-order valence-corrected chi connectivity index (χ0v) is 13.4. The lowest BCUT2D eigenvalue weighted by atomic mass is 10.1. The van der Waals surface area contributed by atoms with Crippen molar-refractivity contribution in [3.8, 4) is 0 Å². The fourth-order valence-electron chi connectivity index (χ4n) is 2.79. The molecule has 0 aliphatic carbocycles. The van der Waals surface area contributed by atoms with Crippen molar-refractivity contribution >= 4 is 17.4 Å². The van der Waals surface area contributed by atoms with Gasteiger partial charge in [0.15, 0.2) is 0 Å². The summed E-state index contributed by atoms with van der Waals surface area (Å²) < 4.78 is 9.38. The molecule has 2 heterocycles. The van der Waals surface area contributed by atoms with Crippen LogP contribution in [-0.4, -0.2) is 65.5 Å². The summed E-state index contributed by atoms with van der Waals surface area (Å²) in [7, 11) is 1.72. The number of carbonyl (C=O) groups is 1. The maximum Gasteiger partial charge on any atom is 0.273 e. The van der Waals surface area contributed by atoms with Crippen molar-refractivity contribution in [2.75, 3.05) is 33.4 Å². The third kappa shape index (κ3) is 3.37. The number of hydrogen-bond donors (Lipinski definition) is 0. The largest absolute Gasteiger partial charge is 0.383 e. The summed E-state index contributed by atoms with van der Waals surface area (Å²) in [4.78, 5) is 17.9. The molecule has 0 aromatic carbocycles. The van der Waals surface area contributed by atoms with E-state index in [1.165, 1.54) is 11.5 Å². The molecule has 1 aromatic rings. The second-order valence-electron chi connectivity index (χ2n) is 5.46. The highest BCUT2D eigenvalue weighted by Gasteiger charge is 2.32. The molecule has 0 N–H and O–H groups in total. The van der Waals surface area contributed by atoms with Crippen LogP contribution >= 0.6 is 11.5 Å². The number of aryl methyl sites for hydroxylation is 1. The molecule has 1 amide bonds. The lowest BCUT2D eigenvalue weighted by Crippen LogP contribution is -2.58. The second kappa shape index (κ2) is 6.65. The fourth-order valence-corrected chi connectivity index (χ4v) is 3.33. The highest BCUT2D eigenvalue weighted by Crippen LogP contribution is 2.18. The van der Waals surface area contributed by atoms with E-state index >= 15 is 0 Å². The molecule has 112 valence electrons. The van der Waals surface area contributed by atoms with Crippen molar-refractivity contribution in [2.45, 2.75) is 32.9 Å². The van der Waals surface area contributed by atoms with Gasteiger partial charge in [-0.3, -0.25) is 9.69 Å². The topological polar surface area (TPSA) is 45.7 Å². The monoisotopic (exact) mass is 297 g/mol. The molecule has 2 atom stereocenters. The van der Waals surface area contributed by atoms with E-state index in [0.29, 0.717) is 17.8 Å². The van der Waals surface area contributed by atoms with Gasteiger partial charge in [-0.1, -0.05) is 0 Å². The molecule has 1 saturated heterocycles. The predicted molar refractivity (Wildman–Crippen MR) is 80.3 cm³/mol. The normalized spacial score (nSPS) is 24.1. The number of methoxy groups -OCH3 is 1. The molecule has 0 bridgehead atoms. The summed E-state index contributed by atoms with van der Waals surface area (Å²) in [6.45, 7) is 9.45. The van der Waals surface area contributed by atoms with Gasteiger partial charge in [0, 0.05) is 43.7 Å². The van der Waals surface area contributed by atoms with Crippen molar-refractivity contribution < 1.29 is 9.53 Å². The van der Waals surface area contributed by atoms with E-state index in [9.17, 15) is 4.79 Å². The number of ether oxygens (including phenoxy) is 1. The van der Waals surface area contributed by atoms with Crippen molar-refractivity contribution in [3.63, 3.8) is 0 Å². The van der Waals surface area contributed by atoms with Gasteiger partial charge in [-0.25, -0.2) is 0 Å². The predicted octanol–water partition coefficient (Wildman–Crippen LogP) is 1.63. The quantitative estimate of drug-likeness (QED) is 0.847. The molecular weight excluding hydrogens is 274 g/mol. The Labute approximate surface area is 124 Å². The van der Waals surface area contributed by atoms with Crippen molar-refractivity contribution in [3.05, 3.63) is 16.6 Å². The Morgan fingerprint density at radius 3 is 2.60 bits per heavy atom. The molecule has 1 aromatic heterocycles. The van der Waals surface area contributed by atoms with Crippen molar-refractivity contribution in [1.82, 2.24) is 14.2 Å². The molecule has 0 radical (unpaired) electrons. The minimum absolute atomic E-state index is 0.0550. The average molecular weight is 297 g/mol. The summed E-state index contributed by atoms with van der Waals surface area (Å²) in [5.74, 6) is 0.0550. The van der Waals surface area contributed by atoms with Gasteiger partial charge in [0.2, 0.25) is 0 Å². The van der Waals surface area contributed by atoms with E-state index in [1.54, 1.807) is 7.11 Å². The number of piperazine rings is 1. The summed E-state index contributed by atoms with van der Waals surface area (Å²) in [5, 5.41) is 0. The molecule has 1 fully saturated rings. The number of hydrogen-bond acceptors (Lipinski definition) is 5. The van der Waals surface area contributed by atoms with E-state index < -0.39 is 0 Å². The van der Waals surface area contributed by atoms with E-state index in [-0.39, 0.29) is 5.91 Å². The smallest absolute Gasteiger partial charge is 0.273 e. The number of carbonyl (C=O) groups excluding carboxylic acids is 1. The minimum atomic E-state index is 0.0550. The Balaban J connectivity index is 2.01. The molecule has 1 aliphatic rings. The first-order chi connectivity index (χ1) is 9.52. The Morgan fingerprint density at radius 2 is 2.10 bits per heavy atom. The minimum Gasteiger partial charge on any atom is -0.383 e. The van der Waals surface area contributed by atoms with Crippen molar-refractivity contribution in [2.24, 2.45) is 0 Å². The molecule has 0 spiro atoms. The first-order valence-electron chi connectivity index (χ1n) is 7.00. The van der Waals surface area contributed by atoms with E-state index in [1.807, 2.05) is 17.9 Å². The lowest BCUT2D eigenvalue weighted by molar-refractivity contribution is 0.0191. The first-order valence-corrected chi connectivity index (χ1v) is 7.77. The second-order valence-corrected chi connectivity index (χ2v) is 6.47. The van der Waals surface area contributed by atoms with Crippen LogP contribution in [0.15, 0.2) is 6.07 Å². The molecule has 0 unspecified atom stereocenters. The first kappa shape index (κ1) is 15.4. The van der Waals surface area contributed by atoms with Crippen LogP contribution in [0.3, 0.4) is 0 Å². The zero-order valence-electron chi connectivity index (χ0n) is 12.6.